The molecule has 1 unspecified atom stereocenters. The molecule has 0 bridgehead atoms. The maximum Gasteiger partial charge on any atom is 0.255 e. The fourth-order valence-corrected chi connectivity index (χ4v) is 4.84. The maximum absolute atomic E-state index is 13.2. The normalized spacial score (nSPS) is 21.3. The molecule has 0 saturated carbocycles. The van der Waals surface area contributed by atoms with Gasteiger partial charge in [0.2, 0.25) is 0 Å². The van der Waals surface area contributed by atoms with Crippen LogP contribution in [-0.4, -0.2) is 53.8 Å². The molecular weight excluding hydrogens is 396 g/mol. The smallest absolute Gasteiger partial charge is 0.255 e. The van der Waals surface area contributed by atoms with E-state index < -0.39 is 0 Å². The summed E-state index contributed by atoms with van der Waals surface area (Å²) in [6.07, 6.45) is 8.94. The summed E-state index contributed by atoms with van der Waals surface area (Å²) in [6.45, 7) is 2.05. The minimum atomic E-state index is -0.294. The summed E-state index contributed by atoms with van der Waals surface area (Å²) in [4.78, 5) is 17.2. The number of hydrogen-bond acceptors (Lipinski definition) is 3. The van der Waals surface area contributed by atoms with Gasteiger partial charge >= 0.3 is 0 Å². The Balaban J connectivity index is 1.37. The first kappa shape index (κ1) is 19.9. The average molecular weight is 421 g/mol. The van der Waals surface area contributed by atoms with Gasteiger partial charge in [-0.25, -0.2) is 8.78 Å². The Hall–Kier alpha value is -2.99. The summed E-state index contributed by atoms with van der Waals surface area (Å²) in [5.74, 6) is 0.163. The summed E-state index contributed by atoms with van der Waals surface area (Å²) in [7, 11) is 2.08. The Morgan fingerprint density at radius 3 is 2.52 bits per heavy atom. The third-order valence-electron chi connectivity index (χ3n) is 6.59. The van der Waals surface area contributed by atoms with Crippen molar-refractivity contribution in [2.24, 2.45) is 5.92 Å². The van der Waals surface area contributed by atoms with Crippen LogP contribution < -0.4 is 5.56 Å². The molecule has 1 aromatic heterocycles. The Bertz CT molecular complexity index is 1140. The first-order valence-corrected chi connectivity index (χ1v) is 10.7. The maximum atomic E-state index is 13.2. The van der Waals surface area contributed by atoms with Crippen LogP contribution in [0.25, 0.3) is 16.8 Å². The van der Waals surface area contributed by atoms with Crippen LogP contribution in [0.15, 0.2) is 76.9 Å². The number of halogens is 2. The van der Waals surface area contributed by atoms with Crippen LogP contribution in [0.1, 0.15) is 6.42 Å². The predicted molar refractivity (Wildman–Crippen MR) is 119 cm³/mol. The third-order valence-corrected chi connectivity index (χ3v) is 6.59. The first-order valence-electron chi connectivity index (χ1n) is 10.7. The first-order chi connectivity index (χ1) is 15.0. The minimum absolute atomic E-state index is 0.0976. The van der Waals surface area contributed by atoms with Crippen molar-refractivity contribution in [1.82, 2.24) is 14.4 Å². The van der Waals surface area contributed by atoms with Gasteiger partial charge in [-0.15, -0.1) is 0 Å². The van der Waals surface area contributed by atoms with Gasteiger partial charge in [-0.1, -0.05) is 18.2 Å². The number of nitrogens with zero attached hydrogens (tertiary/aromatic N) is 3. The highest BCUT2D eigenvalue weighted by atomic mass is 19.1. The fraction of sp³-hybridized carbons (Fsp3) is 0.320. The van der Waals surface area contributed by atoms with Gasteiger partial charge < -0.3 is 4.90 Å². The van der Waals surface area contributed by atoms with Crippen molar-refractivity contribution in [3.05, 3.63) is 88.3 Å². The number of alkyl halides is 1. The van der Waals surface area contributed by atoms with Crippen molar-refractivity contribution >= 4 is 5.70 Å². The highest BCUT2D eigenvalue weighted by Gasteiger charge is 2.38. The molecule has 2 aliphatic heterocycles. The van der Waals surface area contributed by atoms with Crippen LogP contribution in [0.3, 0.4) is 0 Å². The minimum Gasteiger partial charge on any atom is -0.373 e. The van der Waals surface area contributed by atoms with E-state index in [1.54, 1.807) is 29.0 Å². The van der Waals surface area contributed by atoms with Crippen molar-refractivity contribution in [1.29, 1.82) is 0 Å². The average Bonchev–Trinajstić information content (AvgIpc) is 3.06. The highest BCUT2D eigenvalue weighted by molar-refractivity contribution is 5.64. The Kier molecular flexibility index (Phi) is 5.10. The van der Waals surface area contributed by atoms with E-state index in [-0.39, 0.29) is 24.1 Å². The zero-order valence-corrected chi connectivity index (χ0v) is 17.5. The van der Waals surface area contributed by atoms with Crippen molar-refractivity contribution in [3.8, 4) is 11.1 Å². The van der Waals surface area contributed by atoms with Gasteiger partial charge in [0.15, 0.2) is 0 Å². The zero-order chi connectivity index (χ0) is 21.5. The molecule has 1 fully saturated rings. The monoisotopic (exact) mass is 421 g/mol. The van der Waals surface area contributed by atoms with E-state index in [4.69, 9.17) is 0 Å². The van der Waals surface area contributed by atoms with Crippen molar-refractivity contribution < 1.29 is 8.78 Å². The number of likely N-dealkylation sites (N-methyl/N-ethyl adjacent to an activating group) is 1. The molecule has 0 spiro atoms. The SMILES string of the molecule is CN1C=C(C2CN(CCF)C2)C2=CC=C(n3ccc(-c4ccc(F)cc4)cc3=O)CC21. The molecule has 0 N–H and O–H groups in total. The van der Waals surface area contributed by atoms with E-state index >= 15 is 0 Å². The number of rotatable bonds is 5. The molecule has 6 heteroatoms. The molecule has 0 amide bonds. The van der Waals surface area contributed by atoms with Gasteiger partial charge in [0.25, 0.3) is 5.56 Å². The van der Waals surface area contributed by atoms with Crippen LogP contribution in [0.2, 0.25) is 0 Å². The van der Waals surface area contributed by atoms with E-state index in [0.29, 0.717) is 12.5 Å². The third kappa shape index (κ3) is 3.65. The molecule has 160 valence electrons. The Morgan fingerprint density at radius 1 is 1.03 bits per heavy atom. The van der Waals surface area contributed by atoms with E-state index in [2.05, 4.69) is 29.1 Å². The quantitative estimate of drug-likeness (QED) is 0.733. The number of pyridine rings is 1. The summed E-state index contributed by atoms with van der Waals surface area (Å²) >= 11 is 0. The van der Waals surface area contributed by atoms with E-state index in [1.165, 1.54) is 23.3 Å². The van der Waals surface area contributed by atoms with E-state index in [9.17, 15) is 13.6 Å². The second-order valence-corrected chi connectivity index (χ2v) is 8.53. The van der Waals surface area contributed by atoms with Gasteiger partial charge in [-0.05, 0) is 46.5 Å². The molecule has 0 radical (unpaired) electrons. The standard InChI is InChI=1S/C25H25F2N3O/c1-28-16-23(19-14-29(15-19)11-9-26)22-7-6-21(13-24(22)28)30-10-8-18(12-25(30)31)17-2-4-20(27)5-3-17/h2-8,10,12,16,19,24H,9,11,13-15H2,1H3. The lowest BCUT2D eigenvalue weighted by atomic mass is 9.83. The molecule has 4 nitrogen and oxygen atoms in total. The van der Waals surface area contributed by atoms with Crippen molar-refractivity contribution in [3.63, 3.8) is 0 Å². The number of benzene rings is 1. The van der Waals surface area contributed by atoms with Gasteiger partial charge in [-0.3, -0.25) is 14.3 Å². The summed E-state index contributed by atoms with van der Waals surface area (Å²) < 4.78 is 27.4. The number of fused-ring (bicyclic) bond motifs is 1. The number of allylic oxidation sites excluding steroid dienone is 2. The van der Waals surface area contributed by atoms with Crippen LogP contribution in [0, 0.1) is 11.7 Å². The molecule has 3 aliphatic rings. The number of aromatic nitrogens is 1. The highest BCUT2D eigenvalue weighted by Crippen LogP contribution is 2.40. The molecule has 1 aromatic carbocycles. The van der Waals surface area contributed by atoms with Gasteiger partial charge in [0.05, 0.1) is 6.04 Å². The lowest BCUT2D eigenvalue weighted by Crippen LogP contribution is -2.48. The second kappa shape index (κ2) is 7.93. The summed E-state index contributed by atoms with van der Waals surface area (Å²) in [5, 5.41) is 0. The van der Waals surface area contributed by atoms with E-state index in [1.807, 2.05) is 12.1 Å². The van der Waals surface area contributed by atoms with Crippen LogP contribution in [-0.2, 0) is 0 Å². The van der Waals surface area contributed by atoms with Crippen molar-refractivity contribution in [2.75, 3.05) is 33.4 Å². The topological polar surface area (TPSA) is 28.5 Å². The molecule has 2 aromatic rings. The Labute approximate surface area is 180 Å². The van der Waals surface area contributed by atoms with Crippen LogP contribution in [0.5, 0.6) is 0 Å². The molecule has 5 rings (SSSR count). The van der Waals surface area contributed by atoms with Crippen LogP contribution in [0.4, 0.5) is 8.78 Å². The number of hydrogen-bond donors (Lipinski definition) is 0. The van der Waals surface area contributed by atoms with Gasteiger partial charge in [0, 0.05) is 63.2 Å². The van der Waals surface area contributed by atoms with E-state index in [0.717, 1.165) is 36.3 Å². The summed E-state index contributed by atoms with van der Waals surface area (Å²) in [5.41, 5.74) is 5.11. The molecule has 1 atom stereocenters. The molecule has 3 heterocycles. The molecule has 1 aliphatic carbocycles. The van der Waals surface area contributed by atoms with Gasteiger partial charge in [0.1, 0.15) is 12.5 Å². The largest absolute Gasteiger partial charge is 0.373 e. The lowest BCUT2D eigenvalue weighted by molar-refractivity contribution is 0.116. The molecular formula is C25H25F2N3O. The fourth-order valence-electron chi connectivity index (χ4n) is 4.84. The second-order valence-electron chi connectivity index (χ2n) is 8.53. The Morgan fingerprint density at radius 2 is 1.81 bits per heavy atom. The molecule has 31 heavy (non-hydrogen) atoms. The van der Waals surface area contributed by atoms with Gasteiger partial charge in [-0.2, -0.15) is 0 Å². The van der Waals surface area contributed by atoms with Crippen molar-refractivity contribution in [2.45, 2.75) is 12.5 Å². The van der Waals surface area contributed by atoms with Crippen LogP contribution >= 0.6 is 0 Å². The zero-order valence-electron chi connectivity index (χ0n) is 17.5. The summed E-state index contributed by atoms with van der Waals surface area (Å²) in [6, 6.07) is 9.87. The molecule has 1 saturated heterocycles. The number of likely N-dealkylation sites (tertiary alicyclic amines) is 1. The predicted octanol–water partition coefficient (Wildman–Crippen LogP) is 3.92. The lowest BCUT2D eigenvalue weighted by Gasteiger charge is -2.40.